The number of carbonyl (C=O) groups excluding carboxylic acids is 1. The number of esters is 1. The van der Waals surface area contributed by atoms with Gasteiger partial charge >= 0.3 is 5.97 Å². The summed E-state index contributed by atoms with van der Waals surface area (Å²) in [4.78, 5) is 21.9. The van der Waals surface area contributed by atoms with Crippen LogP contribution in [0.2, 0.25) is 0 Å². The molecule has 0 aromatic carbocycles. The average Bonchev–Trinajstić information content (AvgIpc) is 2.97. The van der Waals surface area contributed by atoms with Crippen LogP contribution in [0.5, 0.6) is 0 Å². The molecule has 0 bridgehead atoms. The highest BCUT2D eigenvalue weighted by Crippen LogP contribution is 2.17. The Labute approximate surface area is 112 Å². The number of anilines is 1. The molecule has 2 heterocycles. The van der Waals surface area contributed by atoms with Gasteiger partial charge in [0.2, 0.25) is 0 Å². The van der Waals surface area contributed by atoms with Crippen molar-refractivity contribution >= 4 is 11.8 Å². The number of methoxy groups -OCH3 is 1. The normalized spacial score (nSPS) is 18.3. The molecule has 104 valence electrons. The van der Waals surface area contributed by atoms with Crippen molar-refractivity contribution < 1.29 is 14.3 Å². The van der Waals surface area contributed by atoms with E-state index in [4.69, 9.17) is 4.74 Å². The number of rotatable bonds is 5. The van der Waals surface area contributed by atoms with Crippen LogP contribution in [-0.2, 0) is 9.47 Å². The second-order valence-electron chi connectivity index (χ2n) is 4.43. The number of hydrogen-bond acceptors (Lipinski definition) is 6. The quantitative estimate of drug-likeness (QED) is 0.747. The van der Waals surface area contributed by atoms with Crippen LogP contribution >= 0.6 is 0 Å². The van der Waals surface area contributed by atoms with Gasteiger partial charge in [0, 0.05) is 19.7 Å². The van der Waals surface area contributed by atoms with Gasteiger partial charge in [-0.1, -0.05) is 0 Å². The number of nitrogens with zero attached hydrogens (tertiary/aromatic N) is 3. The maximum Gasteiger partial charge on any atom is 0.358 e. The number of ether oxygens (including phenoxy) is 2. The third kappa shape index (κ3) is 3.41. The van der Waals surface area contributed by atoms with E-state index in [1.54, 1.807) is 6.20 Å². The second-order valence-corrected chi connectivity index (χ2v) is 4.43. The van der Waals surface area contributed by atoms with Crippen LogP contribution in [0.1, 0.15) is 30.3 Å². The van der Waals surface area contributed by atoms with Crippen LogP contribution in [-0.4, -0.2) is 48.8 Å². The highest BCUT2D eigenvalue weighted by molar-refractivity contribution is 5.87. The molecule has 6 heteroatoms. The van der Waals surface area contributed by atoms with Crippen molar-refractivity contribution in [2.75, 3.05) is 31.7 Å². The zero-order valence-corrected chi connectivity index (χ0v) is 11.3. The van der Waals surface area contributed by atoms with E-state index in [0.29, 0.717) is 5.82 Å². The van der Waals surface area contributed by atoms with Crippen molar-refractivity contribution in [2.45, 2.75) is 25.9 Å². The van der Waals surface area contributed by atoms with Crippen molar-refractivity contribution in [3.05, 3.63) is 18.1 Å². The number of hydrogen-bond donors (Lipinski definition) is 0. The second kappa shape index (κ2) is 6.47. The van der Waals surface area contributed by atoms with Gasteiger partial charge in [-0.3, -0.25) is 4.98 Å². The summed E-state index contributed by atoms with van der Waals surface area (Å²) in [5.41, 5.74) is 0.228. The molecule has 0 aliphatic carbocycles. The lowest BCUT2D eigenvalue weighted by molar-refractivity contribution is 0.0593. The summed E-state index contributed by atoms with van der Waals surface area (Å²) in [6.45, 7) is 4.44. The van der Waals surface area contributed by atoms with Crippen molar-refractivity contribution in [1.29, 1.82) is 0 Å². The summed E-state index contributed by atoms with van der Waals surface area (Å²) in [7, 11) is 1.33. The molecule has 1 atom stereocenters. The van der Waals surface area contributed by atoms with E-state index in [9.17, 15) is 4.79 Å². The summed E-state index contributed by atoms with van der Waals surface area (Å²) in [6, 6.07) is 0. The predicted octanol–water partition coefficient (Wildman–Crippen LogP) is 1.27. The zero-order valence-electron chi connectivity index (χ0n) is 11.3. The Bertz CT molecular complexity index is 433. The summed E-state index contributed by atoms with van der Waals surface area (Å²) in [5, 5.41) is 0. The highest BCUT2D eigenvalue weighted by Gasteiger charge is 2.20. The van der Waals surface area contributed by atoms with Gasteiger partial charge in [0.25, 0.3) is 0 Å². The number of aromatic nitrogens is 2. The van der Waals surface area contributed by atoms with Crippen molar-refractivity contribution in [1.82, 2.24) is 9.97 Å². The maximum absolute atomic E-state index is 11.5. The van der Waals surface area contributed by atoms with Crippen LogP contribution in [0, 0.1) is 0 Å². The van der Waals surface area contributed by atoms with E-state index in [0.717, 1.165) is 32.5 Å². The van der Waals surface area contributed by atoms with E-state index < -0.39 is 5.97 Å². The highest BCUT2D eigenvalue weighted by atomic mass is 16.5. The van der Waals surface area contributed by atoms with Gasteiger partial charge in [-0.15, -0.1) is 0 Å². The van der Waals surface area contributed by atoms with Gasteiger partial charge in [-0.25, -0.2) is 9.78 Å². The standard InChI is InChI=1S/C13H19N3O3/c1-3-16(9-10-5-4-6-19-10)12-8-14-7-11(15-12)13(17)18-2/h7-8,10H,3-6,9H2,1-2H3. The molecule has 0 radical (unpaired) electrons. The summed E-state index contributed by atoms with van der Waals surface area (Å²) >= 11 is 0. The lowest BCUT2D eigenvalue weighted by Crippen LogP contribution is -2.33. The Morgan fingerprint density at radius 1 is 1.58 bits per heavy atom. The lowest BCUT2D eigenvalue weighted by Gasteiger charge is -2.24. The topological polar surface area (TPSA) is 64.5 Å². The third-order valence-electron chi connectivity index (χ3n) is 3.17. The SMILES string of the molecule is CCN(CC1CCCO1)c1cncc(C(=O)OC)n1. The van der Waals surface area contributed by atoms with E-state index in [1.165, 1.54) is 13.3 Å². The molecule has 1 aliphatic heterocycles. The Kier molecular flexibility index (Phi) is 4.68. The molecule has 1 aromatic rings. The Morgan fingerprint density at radius 2 is 2.42 bits per heavy atom. The Morgan fingerprint density at radius 3 is 3.05 bits per heavy atom. The summed E-state index contributed by atoms with van der Waals surface area (Å²) in [5.74, 6) is 0.211. The van der Waals surface area contributed by atoms with Crippen LogP contribution in [0.4, 0.5) is 5.82 Å². The first kappa shape index (κ1) is 13.7. The van der Waals surface area contributed by atoms with Crippen LogP contribution < -0.4 is 4.90 Å². The van der Waals surface area contributed by atoms with Crippen molar-refractivity contribution in [3.63, 3.8) is 0 Å². The van der Waals surface area contributed by atoms with E-state index >= 15 is 0 Å². The zero-order chi connectivity index (χ0) is 13.7. The van der Waals surface area contributed by atoms with Crippen molar-refractivity contribution in [3.8, 4) is 0 Å². The molecule has 6 nitrogen and oxygen atoms in total. The van der Waals surface area contributed by atoms with E-state index in [2.05, 4.69) is 19.6 Å². The molecule has 0 saturated carbocycles. The minimum Gasteiger partial charge on any atom is -0.464 e. The van der Waals surface area contributed by atoms with Gasteiger partial charge in [0.15, 0.2) is 5.69 Å². The average molecular weight is 265 g/mol. The lowest BCUT2D eigenvalue weighted by atomic mass is 10.2. The monoisotopic (exact) mass is 265 g/mol. The summed E-state index contributed by atoms with van der Waals surface area (Å²) < 4.78 is 10.3. The minimum absolute atomic E-state index is 0.228. The van der Waals surface area contributed by atoms with Gasteiger partial charge in [-0.05, 0) is 19.8 Å². The predicted molar refractivity (Wildman–Crippen MR) is 70.2 cm³/mol. The minimum atomic E-state index is -0.470. The fourth-order valence-electron chi connectivity index (χ4n) is 2.13. The Balaban J connectivity index is 2.10. The molecule has 2 rings (SSSR count). The van der Waals surface area contributed by atoms with Crippen molar-refractivity contribution in [2.24, 2.45) is 0 Å². The van der Waals surface area contributed by atoms with Crippen LogP contribution in [0.15, 0.2) is 12.4 Å². The fourth-order valence-corrected chi connectivity index (χ4v) is 2.13. The molecule has 1 unspecified atom stereocenters. The molecular weight excluding hydrogens is 246 g/mol. The molecule has 0 N–H and O–H groups in total. The largest absolute Gasteiger partial charge is 0.464 e. The molecule has 0 amide bonds. The molecular formula is C13H19N3O3. The Hall–Kier alpha value is -1.69. The van der Waals surface area contributed by atoms with Crippen LogP contribution in [0.3, 0.4) is 0 Å². The molecule has 1 fully saturated rings. The number of likely N-dealkylation sites (N-methyl/N-ethyl adjacent to an activating group) is 1. The molecule has 19 heavy (non-hydrogen) atoms. The molecule has 1 aromatic heterocycles. The molecule has 1 aliphatic rings. The molecule has 1 saturated heterocycles. The van der Waals surface area contributed by atoms with E-state index in [1.807, 2.05) is 6.92 Å². The maximum atomic E-state index is 11.5. The number of carbonyl (C=O) groups is 1. The first-order valence-electron chi connectivity index (χ1n) is 6.51. The fraction of sp³-hybridized carbons (Fsp3) is 0.615. The van der Waals surface area contributed by atoms with Crippen LogP contribution in [0.25, 0.3) is 0 Å². The summed E-state index contributed by atoms with van der Waals surface area (Å²) in [6.07, 6.45) is 5.49. The first-order valence-corrected chi connectivity index (χ1v) is 6.51. The van der Waals surface area contributed by atoms with Gasteiger partial charge in [0.05, 0.1) is 25.6 Å². The molecule has 0 spiro atoms. The first-order chi connectivity index (χ1) is 9.24. The third-order valence-corrected chi connectivity index (χ3v) is 3.17. The van der Waals surface area contributed by atoms with E-state index in [-0.39, 0.29) is 11.8 Å². The van der Waals surface area contributed by atoms with Gasteiger partial charge in [-0.2, -0.15) is 0 Å². The smallest absolute Gasteiger partial charge is 0.358 e. The van der Waals surface area contributed by atoms with Gasteiger partial charge in [0.1, 0.15) is 5.82 Å². The van der Waals surface area contributed by atoms with Gasteiger partial charge < -0.3 is 14.4 Å².